The molecule has 1 saturated heterocycles. The third-order valence-corrected chi connectivity index (χ3v) is 3.25. The molecule has 19 heavy (non-hydrogen) atoms. The Morgan fingerprint density at radius 1 is 1.47 bits per heavy atom. The number of carboxylic acids is 1. The van der Waals surface area contributed by atoms with Crippen LogP contribution in [0.15, 0.2) is 12.4 Å². The quantitative estimate of drug-likeness (QED) is 0.871. The molecular formula is C13H19N3O3. The fourth-order valence-electron chi connectivity index (χ4n) is 2.14. The number of carbonyl (C=O) groups is 1. The lowest BCUT2D eigenvalue weighted by Crippen LogP contribution is -2.36. The molecule has 1 aliphatic rings. The molecule has 0 unspecified atom stereocenters. The number of hydrogen-bond acceptors (Lipinski definition) is 5. The second-order valence-electron chi connectivity index (χ2n) is 4.66. The van der Waals surface area contributed by atoms with Gasteiger partial charge in [0, 0.05) is 19.2 Å². The van der Waals surface area contributed by atoms with E-state index >= 15 is 0 Å². The number of piperidine rings is 1. The fourth-order valence-corrected chi connectivity index (χ4v) is 2.14. The Labute approximate surface area is 112 Å². The van der Waals surface area contributed by atoms with Gasteiger partial charge in [0.15, 0.2) is 0 Å². The van der Waals surface area contributed by atoms with Gasteiger partial charge in [-0.05, 0) is 19.3 Å². The Balaban J connectivity index is 1.97. The smallest absolute Gasteiger partial charge is 0.306 e. The minimum absolute atomic E-state index is 0.228. The van der Waals surface area contributed by atoms with Crippen LogP contribution in [0.2, 0.25) is 0 Å². The highest BCUT2D eigenvalue weighted by atomic mass is 16.5. The van der Waals surface area contributed by atoms with Gasteiger partial charge < -0.3 is 14.7 Å². The Hall–Kier alpha value is -1.85. The molecule has 1 N–H and O–H groups in total. The Morgan fingerprint density at radius 2 is 2.21 bits per heavy atom. The molecule has 0 radical (unpaired) electrons. The molecule has 0 spiro atoms. The predicted octanol–water partition coefficient (Wildman–Crippen LogP) is 1.57. The fraction of sp³-hybridized carbons (Fsp3) is 0.615. The summed E-state index contributed by atoms with van der Waals surface area (Å²) < 4.78 is 5.47. The van der Waals surface area contributed by atoms with Gasteiger partial charge in [-0.3, -0.25) is 4.79 Å². The number of aliphatic carboxylic acids is 1. The molecule has 6 heteroatoms. The van der Waals surface area contributed by atoms with Gasteiger partial charge in [0.25, 0.3) is 0 Å². The van der Waals surface area contributed by atoms with Crippen LogP contribution in [0.5, 0.6) is 5.88 Å². The highest BCUT2D eigenvalue weighted by Gasteiger charge is 2.25. The van der Waals surface area contributed by atoms with E-state index in [9.17, 15) is 4.79 Å². The number of hydrogen-bond donors (Lipinski definition) is 1. The van der Waals surface area contributed by atoms with Crippen LogP contribution >= 0.6 is 0 Å². The zero-order valence-electron chi connectivity index (χ0n) is 11.1. The van der Waals surface area contributed by atoms with E-state index in [2.05, 4.69) is 14.9 Å². The first-order valence-corrected chi connectivity index (χ1v) is 6.63. The second-order valence-corrected chi connectivity index (χ2v) is 4.66. The van der Waals surface area contributed by atoms with E-state index < -0.39 is 5.97 Å². The molecule has 0 aromatic carbocycles. The molecule has 2 rings (SSSR count). The molecule has 1 fully saturated rings. The summed E-state index contributed by atoms with van der Waals surface area (Å²) in [6.07, 6.45) is 3.74. The van der Waals surface area contributed by atoms with Gasteiger partial charge in [-0.2, -0.15) is 0 Å². The molecular weight excluding hydrogens is 246 g/mol. The van der Waals surface area contributed by atoms with Crippen molar-refractivity contribution in [1.82, 2.24) is 9.97 Å². The zero-order chi connectivity index (χ0) is 13.7. The topological polar surface area (TPSA) is 75.5 Å². The third-order valence-electron chi connectivity index (χ3n) is 3.25. The van der Waals surface area contributed by atoms with Gasteiger partial charge in [-0.25, -0.2) is 9.97 Å². The second kappa shape index (κ2) is 6.36. The lowest BCUT2D eigenvalue weighted by Gasteiger charge is -2.30. The van der Waals surface area contributed by atoms with Crippen molar-refractivity contribution in [2.24, 2.45) is 5.92 Å². The first kappa shape index (κ1) is 13.6. The number of rotatable bonds is 5. The summed E-state index contributed by atoms with van der Waals surface area (Å²) in [7, 11) is 0. The number of carboxylic acid groups (broad SMARTS) is 1. The summed E-state index contributed by atoms with van der Waals surface area (Å²) in [4.78, 5) is 21.3. The minimum atomic E-state index is -0.700. The molecule has 0 aliphatic carbocycles. The van der Waals surface area contributed by atoms with E-state index in [-0.39, 0.29) is 5.92 Å². The lowest BCUT2D eigenvalue weighted by molar-refractivity contribution is -0.142. The van der Waals surface area contributed by atoms with Gasteiger partial charge in [0.1, 0.15) is 12.1 Å². The van der Waals surface area contributed by atoms with E-state index in [1.807, 2.05) is 13.0 Å². The van der Waals surface area contributed by atoms with Crippen molar-refractivity contribution >= 4 is 11.8 Å². The molecule has 104 valence electrons. The van der Waals surface area contributed by atoms with Crippen molar-refractivity contribution in [3.63, 3.8) is 0 Å². The highest BCUT2D eigenvalue weighted by molar-refractivity contribution is 5.70. The van der Waals surface area contributed by atoms with Crippen LogP contribution in [0, 0.1) is 5.92 Å². The average molecular weight is 265 g/mol. The maximum absolute atomic E-state index is 10.9. The van der Waals surface area contributed by atoms with Crippen molar-refractivity contribution in [3.8, 4) is 5.88 Å². The van der Waals surface area contributed by atoms with Crippen LogP contribution in [-0.4, -0.2) is 40.7 Å². The van der Waals surface area contributed by atoms with Crippen LogP contribution in [0.4, 0.5) is 5.82 Å². The number of ether oxygens (including phenoxy) is 1. The van der Waals surface area contributed by atoms with Crippen molar-refractivity contribution in [2.75, 3.05) is 24.6 Å². The van der Waals surface area contributed by atoms with Crippen LogP contribution in [0.1, 0.15) is 26.2 Å². The van der Waals surface area contributed by atoms with Gasteiger partial charge in [0.05, 0.1) is 12.5 Å². The molecule has 0 amide bonds. The standard InChI is InChI=1S/C13H19N3O3/c1-2-7-19-12-8-11(14-9-15-12)16-5-3-10(4-6-16)13(17)18/h8-10H,2-7H2,1H3,(H,17,18). The third kappa shape index (κ3) is 3.56. The van der Waals surface area contributed by atoms with Crippen LogP contribution in [0.25, 0.3) is 0 Å². The first-order chi connectivity index (χ1) is 9.20. The summed E-state index contributed by atoms with van der Waals surface area (Å²) in [5, 5.41) is 8.97. The normalized spacial score (nSPS) is 16.4. The maximum atomic E-state index is 10.9. The molecule has 0 atom stereocenters. The zero-order valence-corrected chi connectivity index (χ0v) is 11.1. The molecule has 2 heterocycles. The monoisotopic (exact) mass is 265 g/mol. The average Bonchev–Trinajstić information content (AvgIpc) is 2.45. The number of aromatic nitrogens is 2. The largest absolute Gasteiger partial charge is 0.481 e. The molecule has 1 aromatic heterocycles. The van der Waals surface area contributed by atoms with E-state index in [0.717, 1.165) is 12.2 Å². The number of anilines is 1. The van der Waals surface area contributed by atoms with Crippen molar-refractivity contribution in [3.05, 3.63) is 12.4 Å². The van der Waals surface area contributed by atoms with E-state index in [1.54, 1.807) is 0 Å². The Morgan fingerprint density at radius 3 is 2.84 bits per heavy atom. The minimum Gasteiger partial charge on any atom is -0.481 e. The van der Waals surface area contributed by atoms with Crippen LogP contribution < -0.4 is 9.64 Å². The SMILES string of the molecule is CCCOc1cc(N2CCC(C(=O)O)CC2)ncn1. The summed E-state index contributed by atoms with van der Waals surface area (Å²) >= 11 is 0. The van der Waals surface area contributed by atoms with Crippen LogP contribution in [-0.2, 0) is 4.79 Å². The molecule has 1 aliphatic heterocycles. The van der Waals surface area contributed by atoms with Gasteiger partial charge in [0.2, 0.25) is 5.88 Å². The van der Waals surface area contributed by atoms with Crippen LogP contribution in [0.3, 0.4) is 0 Å². The number of nitrogens with zero attached hydrogens (tertiary/aromatic N) is 3. The molecule has 6 nitrogen and oxygen atoms in total. The highest BCUT2D eigenvalue weighted by Crippen LogP contribution is 2.23. The molecule has 0 bridgehead atoms. The van der Waals surface area contributed by atoms with Gasteiger partial charge >= 0.3 is 5.97 Å². The van der Waals surface area contributed by atoms with Crippen molar-refractivity contribution in [2.45, 2.75) is 26.2 Å². The summed E-state index contributed by atoms with van der Waals surface area (Å²) in [6.45, 7) is 4.10. The van der Waals surface area contributed by atoms with Gasteiger partial charge in [-0.1, -0.05) is 6.92 Å². The van der Waals surface area contributed by atoms with E-state index in [1.165, 1.54) is 6.33 Å². The van der Waals surface area contributed by atoms with Crippen molar-refractivity contribution < 1.29 is 14.6 Å². The van der Waals surface area contributed by atoms with Crippen molar-refractivity contribution in [1.29, 1.82) is 0 Å². The summed E-state index contributed by atoms with van der Waals surface area (Å²) in [6, 6.07) is 1.82. The van der Waals surface area contributed by atoms with E-state index in [0.29, 0.717) is 38.4 Å². The maximum Gasteiger partial charge on any atom is 0.306 e. The van der Waals surface area contributed by atoms with E-state index in [4.69, 9.17) is 9.84 Å². The Kier molecular flexibility index (Phi) is 4.54. The molecule has 0 saturated carbocycles. The first-order valence-electron chi connectivity index (χ1n) is 6.63. The summed E-state index contributed by atoms with van der Waals surface area (Å²) in [5.41, 5.74) is 0. The predicted molar refractivity (Wildman–Crippen MR) is 70.4 cm³/mol. The summed E-state index contributed by atoms with van der Waals surface area (Å²) in [5.74, 6) is 0.459. The lowest BCUT2D eigenvalue weighted by atomic mass is 9.97. The Bertz CT molecular complexity index is 431. The molecule has 1 aromatic rings. The van der Waals surface area contributed by atoms with Gasteiger partial charge in [-0.15, -0.1) is 0 Å².